The molecule has 1 saturated carbocycles. The number of hydrogen-bond acceptors (Lipinski definition) is 7. The minimum absolute atomic E-state index is 0.0347. The summed E-state index contributed by atoms with van der Waals surface area (Å²) in [5.41, 5.74) is 2.49. The van der Waals surface area contributed by atoms with Crippen LogP contribution in [0.1, 0.15) is 70.9 Å². The van der Waals surface area contributed by atoms with Gasteiger partial charge in [-0.25, -0.2) is 0 Å². The number of carbonyl (C=O) groups is 3. The number of rotatable bonds is 4. The normalized spacial score (nSPS) is 25.8. The van der Waals surface area contributed by atoms with Crippen LogP contribution in [-0.2, 0) is 26.2 Å². The fraction of sp³-hybridized carbons (Fsp3) is 0.643. The first-order valence-electron chi connectivity index (χ1n) is 13.6. The molecule has 9 heteroatoms. The number of aromatic nitrogens is 2. The van der Waals surface area contributed by atoms with Gasteiger partial charge in [-0.1, -0.05) is 0 Å². The van der Waals surface area contributed by atoms with Crippen LogP contribution in [0.4, 0.5) is 5.69 Å². The van der Waals surface area contributed by atoms with Crippen molar-refractivity contribution in [3.05, 3.63) is 23.9 Å². The van der Waals surface area contributed by atoms with E-state index < -0.39 is 5.60 Å². The number of benzene rings is 1. The average molecular weight is 510 g/mol. The number of amides is 2. The third-order valence-corrected chi connectivity index (χ3v) is 8.07. The molecule has 9 nitrogen and oxygen atoms in total. The number of nitrogens with zero attached hydrogens (tertiary/aromatic N) is 4. The van der Waals surface area contributed by atoms with E-state index in [1.165, 1.54) is 5.69 Å². The minimum Gasteiger partial charge on any atom is -0.460 e. The largest absolute Gasteiger partial charge is 0.460 e. The molecule has 0 radical (unpaired) electrons. The van der Waals surface area contributed by atoms with Gasteiger partial charge in [-0.3, -0.25) is 29.3 Å². The zero-order chi connectivity index (χ0) is 26.3. The molecule has 5 rings (SSSR count). The van der Waals surface area contributed by atoms with Crippen molar-refractivity contribution in [1.29, 1.82) is 0 Å². The molecule has 1 aromatic heterocycles. The highest BCUT2D eigenvalue weighted by molar-refractivity contribution is 6.02. The summed E-state index contributed by atoms with van der Waals surface area (Å²) in [4.78, 5) is 41.4. The van der Waals surface area contributed by atoms with Crippen LogP contribution in [0.5, 0.6) is 0 Å². The van der Waals surface area contributed by atoms with Gasteiger partial charge >= 0.3 is 5.97 Å². The van der Waals surface area contributed by atoms with E-state index in [1.54, 1.807) is 0 Å². The number of imide groups is 1. The maximum atomic E-state index is 12.5. The molecule has 1 aliphatic carbocycles. The van der Waals surface area contributed by atoms with Crippen LogP contribution in [0.15, 0.2) is 18.2 Å². The van der Waals surface area contributed by atoms with Gasteiger partial charge in [0.25, 0.3) is 0 Å². The van der Waals surface area contributed by atoms with Crippen molar-refractivity contribution in [3.8, 4) is 0 Å². The number of aryl methyl sites for hydroxylation is 1. The molecule has 2 aromatic rings. The molecule has 0 spiro atoms. The lowest BCUT2D eigenvalue weighted by Crippen LogP contribution is -2.51. The molecule has 2 amide bonds. The van der Waals surface area contributed by atoms with E-state index in [0.29, 0.717) is 18.9 Å². The maximum Gasteiger partial charge on any atom is 0.309 e. The number of ether oxygens (including phenoxy) is 1. The lowest BCUT2D eigenvalue weighted by Gasteiger charge is -2.42. The Morgan fingerprint density at radius 2 is 1.73 bits per heavy atom. The zero-order valence-electron chi connectivity index (χ0n) is 22.5. The number of carbonyl (C=O) groups excluding carboxylic acids is 3. The maximum absolute atomic E-state index is 12.5. The SMILES string of the molecule is Cn1nc(C2CCC(=O)NC2=O)c2ccc(N3CCN(C4CCC(C(=O)OC(C)(C)C)CC4)CC3)cc21. The first-order valence-corrected chi connectivity index (χ1v) is 13.6. The number of piperidine rings is 1. The lowest BCUT2D eigenvalue weighted by molar-refractivity contribution is -0.161. The molecular weight excluding hydrogens is 470 g/mol. The summed E-state index contributed by atoms with van der Waals surface area (Å²) < 4.78 is 7.45. The standard InChI is InChI=1S/C28H39N5O4/c1-28(2,3)37-27(36)18-5-7-19(8-6-18)32-13-15-33(16-14-32)20-9-10-21-23(17-20)31(4)30-25(21)22-11-12-24(34)29-26(22)35/h9-10,17-19,22H,5-8,11-16H2,1-4H3,(H,29,34,35). The van der Waals surface area contributed by atoms with Crippen LogP contribution in [0.25, 0.3) is 10.9 Å². The Labute approximate surface area is 218 Å². The van der Waals surface area contributed by atoms with Gasteiger partial charge in [-0.15, -0.1) is 0 Å². The molecule has 0 bridgehead atoms. The Bertz CT molecular complexity index is 1180. The van der Waals surface area contributed by atoms with Crippen LogP contribution in [0.3, 0.4) is 0 Å². The van der Waals surface area contributed by atoms with Gasteiger partial charge in [-0.2, -0.15) is 5.10 Å². The summed E-state index contributed by atoms with van der Waals surface area (Å²) >= 11 is 0. The number of hydrogen-bond donors (Lipinski definition) is 1. The van der Waals surface area contributed by atoms with Crippen LogP contribution >= 0.6 is 0 Å². The third kappa shape index (κ3) is 5.51. The highest BCUT2D eigenvalue weighted by Gasteiger charge is 2.34. The summed E-state index contributed by atoms with van der Waals surface area (Å²) in [5, 5.41) is 8.09. The van der Waals surface area contributed by atoms with Gasteiger partial charge in [0.15, 0.2) is 0 Å². The fourth-order valence-electron chi connectivity index (χ4n) is 6.09. The Kier molecular flexibility index (Phi) is 7.00. The van der Waals surface area contributed by atoms with Crippen LogP contribution in [-0.4, -0.2) is 70.3 Å². The molecule has 2 saturated heterocycles. The first-order chi connectivity index (χ1) is 17.6. The molecule has 2 aliphatic heterocycles. The van der Waals surface area contributed by atoms with E-state index >= 15 is 0 Å². The molecule has 3 heterocycles. The van der Waals surface area contributed by atoms with Crippen molar-refractivity contribution >= 4 is 34.4 Å². The van der Waals surface area contributed by atoms with E-state index in [1.807, 2.05) is 32.5 Å². The van der Waals surface area contributed by atoms with Gasteiger partial charge in [0, 0.05) is 56.8 Å². The van der Waals surface area contributed by atoms with Crippen molar-refractivity contribution in [2.45, 2.75) is 76.9 Å². The molecule has 3 fully saturated rings. The predicted octanol–water partition coefficient (Wildman–Crippen LogP) is 3.12. The summed E-state index contributed by atoms with van der Waals surface area (Å²) in [5.74, 6) is -0.855. The summed E-state index contributed by atoms with van der Waals surface area (Å²) in [6.45, 7) is 9.71. The van der Waals surface area contributed by atoms with Crippen molar-refractivity contribution in [3.63, 3.8) is 0 Å². The van der Waals surface area contributed by atoms with Gasteiger partial charge in [-0.05, 0) is 71.1 Å². The van der Waals surface area contributed by atoms with Crippen molar-refractivity contribution < 1.29 is 19.1 Å². The topological polar surface area (TPSA) is 96.8 Å². The molecule has 200 valence electrons. The van der Waals surface area contributed by atoms with E-state index in [4.69, 9.17) is 4.74 Å². The second-order valence-electron chi connectivity index (χ2n) is 11.8. The predicted molar refractivity (Wildman–Crippen MR) is 141 cm³/mol. The van der Waals surface area contributed by atoms with Gasteiger partial charge in [0.1, 0.15) is 5.60 Å². The smallest absolute Gasteiger partial charge is 0.309 e. The van der Waals surface area contributed by atoms with Gasteiger partial charge in [0.2, 0.25) is 11.8 Å². The Morgan fingerprint density at radius 3 is 2.38 bits per heavy atom. The molecule has 1 unspecified atom stereocenters. The van der Waals surface area contributed by atoms with Gasteiger partial charge in [0.05, 0.1) is 23.0 Å². The fourth-order valence-corrected chi connectivity index (χ4v) is 6.09. The molecule has 3 aliphatic rings. The molecule has 37 heavy (non-hydrogen) atoms. The number of fused-ring (bicyclic) bond motifs is 1. The highest BCUT2D eigenvalue weighted by Crippen LogP contribution is 2.34. The molecular formula is C28H39N5O4. The second kappa shape index (κ2) is 10.1. The van der Waals surface area contributed by atoms with E-state index in [0.717, 1.165) is 68.5 Å². The Balaban J connectivity index is 1.19. The summed E-state index contributed by atoms with van der Waals surface area (Å²) in [7, 11) is 1.91. The Morgan fingerprint density at radius 1 is 1.03 bits per heavy atom. The third-order valence-electron chi connectivity index (χ3n) is 8.07. The minimum atomic E-state index is -0.421. The van der Waals surface area contributed by atoms with Crippen LogP contribution in [0.2, 0.25) is 0 Å². The Hall–Kier alpha value is -2.94. The van der Waals surface area contributed by atoms with Crippen molar-refractivity contribution in [2.75, 3.05) is 31.1 Å². The second-order valence-corrected chi connectivity index (χ2v) is 11.8. The number of piperazine rings is 1. The zero-order valence-corrected chi connectivity index (χ0v) is 22.5. The number of anilines is 1. The number of nitrogens with one attached hydrogen (secondary N) is 1. The van der Waals surface area contributed by atoms with E-state index in [-0.39, 0.29) is 29.6 Å². The summed E-state index contributed by atoms with van der Waals surface area (Å²) in [6, 6.07) is 6.90. The average Bonchev–Trinajstić information content (AvgIpc) is 3.19. The summed E-state index contributed by atoms with van der Waals surface area (Å²) in [6.07, 6.45) is 4.76. The van der Waals surface area contributed by atoms with Crippen molar-refractivity contribution in [2.24, 2.45) is 13.0 Å². The monoisotopic (exact) mass is 509 g/mol. The number of esters is 1. The molecule has 1 N–H and O–H groups in total. The van der Waals surface area contributed by atoms with E-state index in [2.05, 4.69) is 38.4 Å². The lowest BCUT2D eigenvalue weighted by atomic mass is 9.85. The molecule has 1 aromatic carbocycles. The van der Waals surface area contributed by atoms with Crippen molar-refractivity contribution in [1.82, 2.24) is 20.0 Å². The van der Waals surface area contributed by atoms with E-state index in [9.17, 15) is 14.4 Å². The quantitative estimate of drug-likeness (QED) is 0.500. The van der Waals surface area contributed by atoms with Crippen LogP contribution < -0.4 is 10.2 Å². The van der Waals surface area contributed by atoms with Crippen LogP contribution in [0, 0.1) is 5.92 Å². The van der Waals surface area contributed by atoms with Gasteiger partial charge < -0.3 is 9.64 Å². The highest BCUT2D eigenvalue weighted by atomic mass is 16.6. The first kappa shape index (κ1) is 25.7. The molecule has 1 atom stereocenters.